The van der Waals surface area contributed by atoms with Crippen molar-refractivity contribution in [1.82, 2.24) is 5.32 Å². The van der Waals surface area contributed by atoms with E-state index in [1.165, 1.54) is 18.4 Å². The Morgan fingerprint density at radius 3 is 3.40 bits per heavy atom. The number of nitrogens with one attached hydrogen (secondary N) is 1. The van der Waals surface area contributed by atoms with E-state index in [4.69, 9.17) is 10.8 Å². The van der Waals surface area contributed by atoms with Gasteiger partial charge in [-0.05, 0) is 31.9 Å². The van der Waals surface area contributed by atoms with Crippen molar-refractivity contribution in [2.75, 3.05) is 6.54 Å². The smallest absolute Gasteiger partial charge is 0.108 e. The molecule has 1 unspecified atom stereocenters. The van der Waals surface area contributed by atoms with Gasteiger partial charge in [0.2, 0.25) is 0 Å². The third kappa shape index (κ3) is 2.43. The molecule has 0 aromatic carbocycles. The minimum absolute atomic E-state index is 0.477. The van der Waals surface area contributed by atoms with Crippen molar-refractivity contribution in [3.05, 3.63) is 23.7 Å². The van der Waals surface area contributed by atoms with Gasteiger partial charge in [0.1, 0.15) is 5.76 Å². The van der Waals surface area contributed by atoms with Gasteiger partial charge in [0, 0.05) is 24.4 Å². The molecule has 1 aliphatic carbocycles. The molecule has 0 saturated carbocycles. The molecule has 0 fully saturated rings. The standard InChI is InChI=1S/C13H17NO/c1-2-3-4-9-14-12-6-5-7-13-11(12)8-10-15-13/h1,8,10,12,14H,3-7,9H2. The summed E-state index contributed by atoms with van der Waals surface area (Å²) < 4.78 is 5.44. The molecule has 1 aromatic rings. The average Bonchev–Trinajstić information content (AvgIpc) is 2.73. The molecule has 1 aromatic heterocycles. The number of unbranched alkanes of at least 4 members (excludes halogenated alkanes) is 1. The highest BCUT2D eigenvalue weighted by Crippen LogP contribution is 2.30. The van der Waals surface area contributed by atoms with Crippen LogP contribution in [0.25, 0.3) is 0 Å². The Balaban J connectivity index is 1.87. The van der Waals surface area contributed by atoms with E-state index in [0.717, 1.165) is 31.6 Å². The lowest BCUT2D eigenvalue weighted by molar-refractivity contribution is 0.411. The van der Waals surface area contributed by atoms with Gasteiger partial charge in [0.25, 0.3) is 0 Å². The molecule has 15 heavy (non-hydrogen) atoms. The molecule has 2 rings (SSSR count). The first-order valence-electron chi connectivity index (χ1n) is 5.65. The number of hydrogen-bond acceptors (Lipinski definition) is 2. The van der Waals surface area contributed by atoms with Gasteiger partial charge in [0.15, 0.2) is 0 Å². The van der Waals surface area contributed by atoms with Crippen LogP contribution in [0.4, 0.5) is 0 Å². The summed E-state index contributed by atoms with van der Waals surface area (Å²) in [6, 6.07) is 2.57. The van der Waals surface area contributed by atoms with E-state index in [9.17, 15) is 0 Å². The highest BCUT2D eigenvalue weighted by molar-refractivity contribution is 5.23. The van der Waals surface area contributed by atoms with E-state index in [1.807, 2.05) is 0 Å². The lowest BCUT2D eigenvalue weighted by Crippen LogP contribution is -2.25. The molecule has 0 saturated heterocycles. The summed E-state index contributed by atoms with van der Waals surface area (Å²) in [6.45, 7) is 0.999. The van der Waals surface area contributed by atoms with E-state index >= 15 is 0 Å². The van der Waals surface area contributed by atoms with Crippen molar-refractivity contribution in [1.29, 1.82) is 0 Å². The Bertz CT molecular complexity index is 348. The maximum absolute atomic E-state index is 5.44. The van der Waals surface area contributed by atoms with Crippen LogP contribution in [0.15, 0.2) is 16.7 Å². The van der Waals surface area contributed by atoms with Gasteiger partial charge in [-0.15, -0.1) is 12.3 Å². The molecule has 2 nitrogen and oxygen atoms in total. The van der Waals surface area contributed by atoms with Crippen LogP contribution in [0, 0.1) is 12.3 Å². The third-order valence-corrected chi connectivity index (χ3v) is 2.94. The van der Waals surface area contributed by atoms with E-state index in [1.54, 1.807) is 6.26 Å². The van der Waals surface area contributed by atoms with Gasteiger partial charge >= 0.3 is 0 Å². The summed E-state index contributed by atoms with van der Waals surface area (Å²) in [7, 11) is 0. The van der Waals surface area contributed by atoms with Crippen molar-refractivity contribution < 1.29 is 4.42 Å². The molecule has 80 valence electrons. The predicted octanol–water partition coefficient (Wildman–Crippen LogP) is 2.66. The number of terminal acetylenes is 1. The molecular formula is C13H17NO. The second-order valence-electron chi connectivity index (χ2n) is 4.01. The lowest BCUT2D eigenvalue weighted by Gasteiger charge is -2.22. The fourth-order valence-electron chi connectivity index (χ4n) is 2.17. The largest absolute Gasteiger partial charge is 0.469 e. The van der Waals surface area contributed by atoms with Crippen molar-refractivity contribution in [2.24, 2.45) is 0 Å². The first kappa shape index (κ1) is 10.3. The normalized spacial score (nSPS) is 19.5. The fourth-order valence-corrected chi connectivity index (χ4v) is 2.17. The molecule has 1 aliphatic rings. The average molecular weight is 203 g/mol. The van der Waals surface area contributed by atoms with Gasteiger partial charge in [-0.1, -0.05) is 0 Å². The zero-order chi connectivity index (χ0) is 10.5. The van der Waals surface area contributed by atoms with Crippen molar-refractivity contribution >= 4 is 0 Å². The Morgan fingerprint density at radius 1 is 1.60 bits per heavy atom. The van der Waals surface area contributed by atoms with Gasteiger partial charge in [-0.25, -0.2) is 0 Å². The molecule has 0 radical (unpaired) electrons. The van der Waals surface area contributed by atoms with Crippen LogP contribution in [0.5, 0.6) is 0 Å². The van der Waals surface area contributed by atoms with Crippen molar-refractivity contribution in [3.63, 3.8) is 0 Å². The first-order valence-corrected chi connectivity index (χ1v) is 5.65. The summed E-state index contributed by atoms with van der Waals surface area (Å²) in [6.07, 6.45) is 12.4. The summed E-state index contributed by atoms with van der Waals surface area (Å²) in [5, 5.41) is 3.54. The van der Waals surface area contributed by atoms with Crippen molar-refractivity contribution in [2.45, 2.75) is 38.1 Å². The Labute approximate surface area is 91.1 Å². The predicted molar refractivity (Wildman–Crippen MR) is 60.5 cm³/mol. The fraction of sp³-hybridized carbons (Fsp3) is 0.538. The zero-order valence-corrected chi connectivity index (χ0v) is 8.96. The monoisotopic (exact) mass is 203 g/mol. The molecule has 1 N–H and O–H groups in total. The van der Waals surface area contributed by atoms with Gasteiger partial charge in [-0.2, -0.15) is 0 Å². The second kappa shape index (κ2) is 5.04. The van der Waals surface area contributed by atoms with E-state index in [0.29, 0.717) is 6.04 Å². The Kier molecular flexibility index (Phi) is 3.47. The third-order valence-electron chi connectivity index (χ3n) is 2.94. The minimum Gasteiger partial charge on any atom is -0.469 e. The maximum Gasteiger partial charge on any atom is 0.108 e. The first-order chi connectivity index (χ1) is 7.42. The van der Waals surface area contributed by atoms with Crippen LogP contribution in [0.3, 0.4) is 0 Å². The zero-order valence-electron chi connectivity index (χ0n) is 8.96. The lowest BCUT2D eigenvalue weighted by atomic mass is 9.93. The van der Waals surface area contributed by atoms with Crippen LogP contribution in [0.1, 0.15) is 43.0 Å². The van der Waals surface area contributed by atoms with Crippen LogP contribution < -0.4 is 5.32 Å². The minimum atomic E-state index is 0.477. The Hall–Kier alpha value is -1.20. The number of hydrogen-bond donors (Lipinski definition) is 1. The highest BCUT2D eigenvalue weighted by atomic mass is 16.3. The second-order valence-corrected chi connectivity index (χ2v) is 4.01. The summed E-state index contributed by atoms with van der Waals surface area (Å²) >= 11 is 0. The van der Waals surface area contributed by atoms with Gasteiger partial charge in [-0.3, -0.25) is 0 Å². The Morgan fingerprint density at radius 2 is 2.53 bits per heavy atom. The maximum atomic E-state index is 5.44. The molecule has 0 spiro atoms. The van der Waals surface area contributed by atoms with Crippen LogP contribution in [-0.4, -0.2) is 6.54 Å². The topological polar surface area (TPSA) is 25.2 Å². The quantitative estimate of drug-likeness (QED) is 0.601. The molecule has 1 heterocycles. The molecule has 0 bridgehead atoms. The van der Waals surface area contributed by atoms with Gasteiger partial charge < -0.3 is 9.73 Å². The molecular weight excluding hydrogens is 186 g/mol. The number of aryl methyl sites for hydroxylation is 1. The summed E-state index contributed by atoms with van der Waals surface area (Å²) in [5.41, 5.74) is 1.35. The molecule has 1 atom stereocenters. The number of fused-ring (bicyclic) bond motifs is 1. The SMILES string of the molecule is C#CCCCNC1CCCc2occc21. The summed E-state index contributed by atoms with van der Waals surface area (Å²) in [5.74, 6) is 3.82. The molecule has 0 aliphatic heterocycles. The van der Waals surface area contributed by atoms with E-state index in [-0.39, 0.29) is 0 Å². The number of rotatable bonds is 4. The van der Waals surface area contributed by atoms with Crippen LogP contribution >= 0.6 is 0 Å². The molecule has 2 heteroatoms. The van der Waals surface area contributed by atoms with Crippen LogP contribution in [0.2, 0.25) is 0 Å². The van der Waals surface area contributed by atoms with Gasteiger partial charge in [0.05, 0.1) is 6.26 Å². The molecule has 0 amide bonds. The van der Waals surface area contributed by atoms with Crippen LogP contribution in [-0.2, 0) is 6.42 Å². The van der Waals surface area contributed by atoms with Crippen molar-refractivity contribution in [3.8, 4) is 12.3 Å². The van der Waals surface area contributed by atoms with E-state index < -0.39 is 0 Å². The summed E-state index contributed by atoms with van der Waals surface area (Å²) in [4.78, 5) is 0. The van der Waals surface area contributed by atoms with E-state index in [2.05, 4.69) is 17.3 Å². The number of furan rings is 1. The highest BCUT2D eigenvalue weighted by Gasteiger charge is 2.21.